The summed E-state index contributed by atoms with van der Waals surface area (Å²) in [6.07, 6.45) is 0. The van der Waals surface area contributed by atoms with Gasteiger partial charge in [0.05, 0.1) is 0 Å². The van der Waals surface area contributed by atoms with Crippen LogP contribution in [0.15, 0.2) is 273 Å². The van der Waals surface area contributed by atoms with E-state index in [1.165, 1.54) is 98.6 Å². The quantitative estimate of drug-likeness (QED) is 0.137. The molecular formula is C70H51NSi. The maximum absolute atomic E-state index is 2.78. The molecule has 3 aliphatic rings. The van der Waals surface area contributed by atoms with Gasteiger partial charge in [0.25, 0.3) is 0 Å². The van der Waals surface area contributed by atoms with Crippen molar-refractivity contribution in [2.45, 2.75) is 24.7 Å². The molecule has 14 rings (SSSR count). The highest BCUT2D eigenvalue weighted by Gasteiger charge is 2.49. The van der Waals surface area contributed by atoms with Crippen LogP contribution in [0.2, 0.25) is 0 Å². The van der Waals surface area contributed by atoms with Crippen LogP contribution in [0.1, 0.15) is 47.2 Å². The molecule has 1 aliphatic heterocycles. The molecule has 0 saturated carbocycles. The van der Waals surface area contributed by atoms with E-state index in [0.29, 0.717) is 0 Å². The number of nitrogens with zero attached hydrogens (tertiary/aromatic N) is 1. The Hall–Kier alpha value is -8.56. The molecule has 0 spiro atoms. The topological polar surface area (TPSA) is 3.24 Å². The van der Waals surface area contributed by atoms with Crippen LogP contribution in [0.25, 0.3) is 44.5 Å². The minimum atomic E-state index is -2.78. The summed E-state index contributed by atoms with van der Waals surface area (Å²) in [6, 6.07) is 103. The summed E-state index contributed by atoms with van der Waals surface area (Å²) in [5.41, 5.74) is 21.1. The molecular weight excluding hydrogens is 883 g/mol. The third kappa shape index (κ3) is 6.00. The molecule has 2 unspecified atom stereocenters. The zero-order valence-corrected chi connectivity index (χ0v) is 41.4. The fraction of sp³-hybridized carbons (Fsp3) is 0.0571. The van der Waals surface area contributed by atoms with Crippen LogP contribution in [0.4, 0.5) is 17.1 Å². The Bertz CT molecular complexity index is 3850. The Kier molecular flexibility index (Phi) is 9.55. The first-order valence-corrected chi connectivity index (χ1v) is 27.3. The molecule has 1 heterocycles. The van der Waals surface area contributed by atoms with Gasteiger partial charge in [-0.3, -0.25) is 0 Å². The molecule has 0 radical (unpaired) electrons. The van der Waals surface area contributed by atoms with Crippen molar-refractivity contribution in [3.05, 3.63) is 306 Å². The fourth-order valence-corrected chi connectivity index (χ4v) is 18.5. The highest BCUT2D eigenvalue weighted by atomic mass is 28.3. The van der Waals surface area contributed by atoms with Crippen LogP contribution in [-0.4, -0.2) is 8.07 Å². The van der Waals surface area contributed by atoms with E-state index in [0.717, 1.165) is 17.1 Å². The van der Waals surface area contributed by atoms with E-state index in [9.17, 15) is 0 Å². The molecule has 0 saturated heterocycles. The zero-order valence-electron chi connectivity index (χ0n) is 40.4. The second kappa shape index (κ2) is 16.2. The lowest BCUT2D eigenvalue weighted by Crippen LogP contribution is -2.72. The fourth-order valence-electron chi connectivity index (χ4n) is 13.3. The summed E-state index contributed by atoms with van der Waals surface area (Å²) in [5.74, 6) is 0. The van der Waals surface area contributed by atoms with Crippen LogP contribution >= 0.6 is 0 Å². The van der Waals surface area contributed by atoms with Gasteiger partial charge in [0.2, 0.25) is 0 Å². The molecule has 1 nitrogen and oxygen atoms in total. The van der Waals surface area contributed by atoms with Gasteiger partial charge in [0.1, 0.15) is 0 Å². The molecule has 340 valence electrons. The second-order valence-corrected chi connectivity index (χ2v) is 23.9. The summed E-state index contributed by atoms with van der Waals surface area (Å²) in [5, 5.41) is 5.65. The zero-order chi connectivity index (χ0) is 48.0. The van der Waals surface area contributed by atoms with Gasteiger partial charge in [0, 0.05) is 27.9 Å². The molecule has 0 fully saturated rings. The number of rotatable bonds is 8. The van der Waals surface area contributed by atoms with Crippen molar-refractivity contribution in [1.82, 2.24) is 0 Å². The third-order valence-electron chi connectivity index (χ3n) is 16.7. The first-order chi connectivity index (χ1) is 35.5. The van der Waals surface area contributed by atoms with Gasteiger partial charge >= 0.3 is 0 Å². The van der Waals surface area contributed by atoms with Gasteiger partial charge in [-0.15, -0.1) is 0 Å². The average Bonchev–Trinajstić information content (AvgIpc) is 4.01. The number of hydrogen-bond donors (Lipinski definition) is 0. The van der Waals surface area contributed by atoms with Gasteiger partial charge in [-0.05, 0) is 155 Å². The van der Waals surface area contributed by atoms with Gasteiger partial charge < -0.3 is 4.90 Å². The van der Waals surface area contributed by atoms with Crippen molar-refractivity contribution in [2.75, 3.05) is 4.90 Å². The van der Waals surface area contributed by atoms with E-state index in [1.807, 2.05) is 0 Å². The monoisotopic (exact) mass is 933 g/mol. The summed E-state index contributed by atoms with van der Waals surface area (Å²) in [7, 11) is -2.78. The largest absolute Gasteiger partial charge is 0.310 e. The predicted molar refractivity (Wildman–Crippen MR) is 304 cm³/mol. The first kappa shape index (κ1) is 42.3. The SMILES string of the molecule is CC1(c2ccccc2)c2ccccc2-c2ccc(-c3ccc(N(c4cccc([Si]5(c6ccccc6)c6ccccc6-c6ccccc65)c4)c4ccc5c(c4)C(C)(c4ccccc4)c4ccccc4-5)cc3)cc21. The molecule has 11 aromatic carbocycles. The van der Waals surface area contributed by atoms with Gasteiger partial charge in [-0.2, -0.15) is 0 Å². The Morgan fingerprint density at radius 3 is 1.28 bits per heavy atom. The molecule has 0 N–H and O–H groups in total. The minimum absolute atomic E-state index is 0.271. The minimum Gasteiger partial charge on any atom is -0.310 e. The lowest BCUT2D eigenvalue weighted by Gasteiger charge is -2.33. The smallest absolute Gasteiger partial charge is 0.180 e. The van der Waals surface area contributed by atoms with Crippen molar-refractivity contribution >= 4 is 45.9 Å². The Labute approximate surface area is 424 Å². The molecule has 2 aliphatic carbocycles. The van der Waals surface area contributed by atoms with E-state index in [2.05, 4.69) is 292 Å². The highest BCUT2D eigenvalue weighted by molar-refractivity contribution is 7.22. The van der Waals surface area contributed by atoms with E-state index in [-0.39, 0.29) is 10.8 Å². The van der Waals surface area contributed by atoms with E-state index in [4.69, 9.17) is 0 Å². The predicted octanol–water partition coefficient (Wildman–Crippen LogP) is 14.9. The first-order valence-electron chi connectivity index (χ1n) is 25.3. The van der Waals surface area contributed by atoms with Crippen molar-refractivity contribution in [3.8, 4) is 44.5 Å². The number of fused-ring (bicyclic) bond motifs is 9. The van der Waals surface area contributed by atoms with Crippen molar-refractivity contribution in [3.63, 3.8) is 0 Å². The van der Waals surface area contributed by atoms with Crippen LogP contribution in [-0.2, 0) is 10.8 Å². The van der Waals surface area contributed by atoms with Crippen molar-refractivity contribution in [2.24, 2.45) is 0 Å². The van der Waals surface area contributed by atoms with Gasteiger partial charge in [-0.25, -0.2) is 0 Å². The van der Waals surface area contributed by atoms with E-state index < -0.39 is 8.07 Å². The lowest BCUT2D eigenvalue weighted by atomic mass is 9.74. The summed E-state index contributed by atoms with van der Waals surface area (Å²) in [4.78, 5) is 2.51. The van der Waals surface area contributed by atoms with Gasteiger partial charge in [-0.1, -0.05) is 231 Å². The Morgan fingerprint density at radius 1 is 0.278 bits per heavy atom. The average molecular weight is 934 g/mol. The van der Waals surface area contributed by atoms with Crippen LogP contribution in [0.5, 0.6) is 0 Å². The second-order valence-electron chi connectivity index (χ2n) is 20.2. The maximum atomic E-state index is 2.52. The Balaban J connectivity index is 0.955. The molecule has 0 aromatic heterocycles. The van der Waals surface area contributed by atoms with Crippen LogP contribution in [0, 0.1) is 0 Å². The number of anilines is 3. The summed E-state index contributed by atoms with van der Waals surface area (Å²) in [6.45, 7) is 4.82. The molecule has 0 amide bonds. The maximum Gasteiger partial charge on any atom is 0.180 e. The normalized spacial score (nSPS) is 17.2. The van der Waals surface area contributed by atoms with Crippen molar-refractivity contribution in [1.29, 1.82) is 0 Å². The molecule has 0 bridgehead atoms. The Morgan fingerprint density at radius 2 is 0.694 bits per heavy atom. The summed E-state index contributed by atoms with van der Waals surface area (Å²) < 4.78 is 0. The number of hydrogen-bond acceptors (Lipinski definition) is 1. The van der Waals surface area contributed by atoms with E-state index >= 15 is 0 Å². The van der Waals surface area contributed by atoms with Crippen molar-refractivity contribution < 1.29 is 0 Å². The van der Waals surface area contributed by atoms with Gasteiger partial charge in [0.15, 0.2) is 8.07 Å². The standard InChI is InChI=1S/C70H51NSi/c1-69(50-21-6-3-7-22-50)63-33-16-12-29-57(63)59-43-39-49(45-65(59)69)48-37-40-52(41-38-48)71(54-42-44-60-58-30-13-17-34-64(58)70(2,66(60)47-54)51-23-8-4-9-24-51)53-25-20-28-56(46-53)72(55-26-10-5-11-27-55)67-35-18-14-31-61(67)62-32-15-19-36-68(62)72/h3-47H,1-2H3. The van der Waals surface area contributed by atoms with Crippen LogP contribution in [0.3, 0.4) is 0 Å². The molecule has 2 atom stereocenters. The lowest BCUT2D eigenvalue weighted by molar-refractivity contribution is 0.714. The molecule has 2 heteroatoms. The molecule has 72 heavy (non-hydrogen) atoms. The van der Waals surface area contributed by atoms with E-state index in [1.54, 1.807) is 0 Å². The summed E-state index contributed by atoms with van der Waals surface area (Å²) >= 11 is 0. The number of benzene rings is 11. The third-order valence-corrected chi connectivity index (χ3v) is 21.6. The highest BCUT2D eigenvalue weighted by Crippen LogP contribution is 2.55. The van der Waals surface area contributed by atoms with Crippen LogP contribution < -0.4 is 25.6 Å². The molecule has 11 aromatic rings.